The van der Waals surface area contributed by atoms with Crippen molar-refractivity contribution in [2.45, 2.75) is 25.3 Å². The van der Waals surface area contributed by atoms with Crippen LogP contribution in [0.25, 0.3) is 0 Å². The number of nitriles is 1. The van der Waals surface area contributed by atoms with Crippen molar-refractivity contribution >= 4 is 17.5 Å². The number of hydrogen-bond acceptors (Lipinski definition) is 3. The molecule has 1 aromatic rings. The van der Waals surface area contributed by atoms with Gasteiger partial charge in [0.05, 0.1) is 18.1 Å². The van der Waals surface area contributed by atoms with Gasteiger partial charge in [0.1, 0.15) is 5.75 Å². The highest BCUT2D eigenvalue weighted by Crippen LogP contribution is 2.31. The number of nitrogens with zero attached hydrogens (tertiary/aromatic N) is 2. The van der Waals surface area contributed by atoms with E-state index in [9.17, 15) is 9.90 Å². The molecule has 1 aliphatic carbocycles. The molecule has 0 saturated heterocycles. The number of benzene rings is 1. The van der Waals surface area contributed by atoms with Crippen LogP contribution in [-0.2, 0) is 0 Å². The lowest BCUT2D eigenvalue weighted by Crippen LogP contribution is -2.33. The maximum atomic E-state index is 12.3. The van der Waals surface area contributed by atoms with Crippen molar-refractivity contribution in [3.8, 4) is 11.8 Å². The Balaban J connectivity index is 2.19. The monoisotopic (exact) mass is 264 g/mol. The van der Waals surface area contributed by atoms with Crippen LogP contribution in [0.5, 0.6) is 5.75 Å². The lowest BCUT2D eigenvalue weighted by molar-refractivity contribution is 0.0744. The van der Waals surface area contributed by atoms with Crippen LogP contribution in [0.1, 0.15) is 29.6 Å². The van der Waals surface area contributed by atoms with Crippen molar-refractivity contribution < 1.29 is 9.90 Å². The fraction of sp³-hybridized carbons (Fsp3) is 0.385. The molecular weight excluding hydrogens is 252 g/mol. The van der Waals surface area contributed by atoms with Crippen LogP contribution in [0, 0.1) is 11.3 Å². The number of phenolic OH excluding ortho intramolecular Hbond substituents is 1. The lowest BCUT2D eigenvalue weighted by atomic mass is 10.1. The van der Waals surface area contributed by atoms with Crippen molar-refractivity contribution in [2.75, 3.05) is 6.54 Å². The number of carbonyl (C=O) groups is 1. The summed E-state index contributed by atoms with van der Waals surface area (Å²) in [6.07, 6.45) is 2.23. The Kier molecular flexibility index (Phi) is 3.73. The second-order valence-corrected chi connectivity index (χ2v) is 4.74. The molecule has 1 aromatic carbocycles. The second-order valence-electron chi connectivity index (χ2n) is 4.30. The highest BCUT2D eigenvalue weighted by atomic mass is 35.5. The van der Waals surface area contributed by atoms with Gasteiger partial charge < -0.3 is 10.0 Å². The smallest absolute Gasteiger partial charge is 0.257 e. The Labute approximate surface area is 110 Å². The Bertz CT molecular complexity index is 506. The van der Waals surface area contributed by atoms with Gasteiger partial charge in [-0.15, -0.1) is 0 Å². The third-order valence-corrected chi connectivity index (χ3v) is 3.14. The average molecular weight is 265 g/mol. The molecule has 5 heteroatoms. The van der Waals surface area contributed by atoms with Gasteiger partial charge in [-0.1, -0.05) is 11.6 Å². The molecule has 0 spiro atoms. The van der Waals surface area contributed by atoms with E-state index in [-0.39, 0.29) is 23.3 Å². The van der Waals surface area contributed by atoms with Crippen LogP contribution in [0.2, 0.25) is 5.02 Å². The van der Waals surface area contributed by atoms with Crippen molar-refractivity contribution in [3.05, 3.63) is 28.8 Å². The first kappa shape index (κ1) is 12.7. The minimum atomic E-state index is -0.234. The summed E-state index contributed by atoms with van der Waals surface area (Å²) in [5.41, 5.74) is 0.240. The molecule has 0 unspecified atom stereocenters. The van der Waals surface area contributed by atoms with Crippen molar-refractivity contribution in [2.24, 2.45) is 0 Å². The summed E-state index contributed by atoms with van der Waals surface area (Å²) < 4.78 is 0. The van der Waals surface area contributed by atoms with Crippen LogP contribution in [0.15, 0.2) is 18.2 Å². The molecule has 18 heavy (non-hydrogen) atoms. The van der Waals surface area contributed by atoms with E-state index in [1.807, 2.05) is 6.07 Å². The first-order valence-electron chi connectivity index (χ1n) is 5.80. The summed E-state index contributed by atoms with van der Waals surface area (Å²) >= 11 is 5.73. The van der Waals surface area contributed by atoms with E-state index in [1.54, 1.807) is 11.0 Å². The number of carbonyl (C=O) groups excluding carboxylic acids is 1. The van der Waals surface area contributed by atoms with Crippen LogP contribution in [0.4, 0.5) is 0 Å². The molecule has 1 fully saturated rings. The van der Waals surface area contributed by atoms with E-state index in [1.165, 1.54) is 12.1 Å². The van der Waals surface area contributed by atoms with Crippen LogP contribution >= 0.6 is 11.6 Å². The van der Waals surface area contributed by atoms with E-state index < -0.39 is 0 Å². The Hall–Kier alpha value is -1.73. The largest absolute Gasteiger partial charge is 0.507 e. The Morgan fingerprint density at radius 2 is 2.28 bits per heavy atom. The molecule has 4 nitrogen and oxygen atoms in total. The predicted octanol–water partition coefficient (Wildman–Crippen LogP) is 2.56. The zero-order valence-corrected chi connectivity index (χ0v) is 10.5. The number of aromatic hydroxyl groups is 1. The number of rotatable bonds is 4. The molecule has 1 saturated carbocycles. The number of phenols is 1. The van der Waals surface area contributed by atoms with Crippen LogP contribution < -0.4 is 0 Å². The molecule has 94 valence electrons. The Morgan fingerprint density at radius 1 is 1.56 bits per heavy atom. The third-order valence-electron chi connectivity index (χ3n) is 2.90. The van der Waals surface area contributed by atoms with Crippen molar-refractivity contribution in [1.82, 2.24) is 4.90 Å². The third kappa shape index (κ3) is 2.74. The summed E-state index contributed by atoms with van der Waals surface area (Å²) in [4.78, 5) is 13.9. The van der Waals surface area contributed by atoms with Gasteiger partial charge in [-0.25, -0.2) is 0 Å². The Morgan fingerprint density at radius 3 is 2.83 bits per heavy atom. The molecule has 0 aliphatic heterocycles. The number of halogens is 1. The standard InChI is InChI=1S/C13H13ClN2O2/c14-9-2-5-11(12(17)8-9)13(18)16(7-1-6-15)10-3-4-10/h2,5,8,10,17H,1,3-4,7H2. The summed E-state index contributed by atoms with van der Waals surface area (Å²) in [7, 11) is 0. The van der Waals surface area contributed by atoms with Crippen LogP contribution in [0.3, 0.4) is 0 Å². The minimum absolute atomic E-state index is 0.116. The zero-order chi connectivity index (χ0) is 13.1. The van der Waals surface area contributed by atoms with Gasteiger partial charge in [0.25, 0.3) is 5.91 Å². The minimum Gasteiger partial charge on any atom is -0.507 e. The normalized spacial score (nSPS) is 14.0. The molecule has 1 amide bonds. The number of hydrogen-bond donors (Lipinski definition) is 1. The molecule has 0 bridgehead atoms. The van der Waals surface area contributed by atoms with E-state index in [2.05, 4.69) is 0 Å². The fourth-order valence-electron chi connectivity index (χ4n) is 1.85. The SMILES string of the molecule is N#CCCN(C(=O)c1ccc(Cl)cc1O)C1CC1. The van der Waals surface area contributed by atoms with Crippen molar-refractivity contribution in [1.29, 1.82) is 5.26 Å². The maximum absolute atomic E-state index is 12.3. The highest BCUT2D eigenvalue weighted by Gasteiger charge is 2.33. The molecule has 0 aromatic heterocycles. The molecule has 0 heterocycles. The second kappa shape index (κ2) is 5.28. The molecule has 0 radical (unpaired) electrons. The van der Waals surface area contributed by atoms with E-state index in [0.717, 1.165) is 12.8 Å². The summed E-state index contributed by atoms with van der Waals surface area (Å²) in [6.45, 7) is 0.405. The predicted molar refractivity (Wildman–Crippen MR) is 67.4 cm³/mol. The summed E-state index contributed by atoms with van der Waals surface area (Å²) in [6, 6.07) is 6.68. The maximum Gasteiger partial charge on any atom is 0.257 e. The number of amides is 1. The van der Waals surface area contributed by atoms with E-state index in [0.29, 0.717) is 18.0 Å². The van der Waals surface area contributed by atoms with Gasteiger partial charge in [0.15, 0.2) is 0 Å². The van der Waals surface area contributed by atoms with E-state index >= 15 is 0 Å². The van der Waals surface area contributed by atoms with Gasteiger partial charge in [0.2, 0.25) is 0 Å². The first-order valence-corrected chi connectivity index (χ1v) is 6.17. The van der Waals surface area contributed by atoms with Gasteiger partial charge in [-0.2, -0.15) is 5.26 Å². The summed E-state index contributed by atoms with van der Waals surface area (Å²) in [5.74, 6) is -0.350. The van der Waals surface area contributed by atoms with Gasteiger partial charge in [-0.3, -0.25) is 4.79 Å². The topological polar surface area (TPSA) is 64.3 Å². The molecule has 0 atom stereocenters. The van der Waals surface area contributed by atoms with E-state index in [4.69, 9.17) is 16.9 Å². The summed E-state index contributed by atoms with van der Waals surface area (Å²) in [5, 5.41) is 18.7. The fourth-order valence-corrected chi connectivity index (χ4v) is 2.01. The quantitative estimate of drug-likeness (QED) is 0.909. The van der Waals surface area contributed by atoms with Gasteiger partial charge >= 0.3 is 0 Å². The van der Waals surface area contributed by atoms with Crippen molar-refractivity contribution in [3.63, 3.8) is 0 Å². The molecule has 1 N–H and O–H groups in total. The molecular formula is C13H13ClN2O2. The first-order chi connectivity index (χ1) is 8.63. The van der Waals surface area contributed by atoms with Gasteiger partial charge in [0, 0.05) is 17.6 Å². The van der Waals surface area contributed by atoms with Crippen LogP contribution in [-0.4, -0.2) is 28.5 Å². The van der Waals surface area contributed by atoms with Gasteiger partial charge in [-0.05, 0) is 31.0 Å². The average Bonchev–Trinajstić information content (AvgIpc) is 3.13. The molecule has 1 aliphatic rings. The lowest BCUT2D eigenvalue weighted by Gasteiger charge is -2.21. The zero-order valence-electron chi connectivity index (χ0n) is 9.77. The molecule has 2 rings (SSSR count). The highest BCUT2D eigenvalue weighted by molar-refractivity contribution is 6.30.